The van der Waals surface area contributed by atoms with Gasteiger partial charge in [0.25, 0.3) is 0 Å². The molecule has 8 heteroatoms. The Kier molecular flexibility index (Phi) is 5.23. The summed E-state index contributed by atoms with van der Waals surface area (Å²) in [6.07, 6.45) is 0.831. The molecule has 1 aliphatic heterocycles. The predicted octanol–water partition coefficient (Wildman–Crippen LogP) is 4.94. The van der Waals surface area contributed by atoms with Crippen LogP contribution in [0.3, 0.4) is 0 Å². The van der Waals surface area contributed by atoms with E-state index in [9.17, 15) is 10.1 Å². The molecule has 0 saturated carbocycles. The monoisotopic (exact) mass is 442 g/mol. The van der Waals surface area contributed by atoms with Gasteiger partial charge < -0.3 is 24.3 Å². The van der Waals surface area contributed by atoms with E-state index < -0.39 is 11.2 Å². The molecule has 0 aliphatic carbocycles. The van der Waals surface area contributed by atoms with Crippen LogP contribution in [0.15, 0.2) is 65.3 Å². The molecule has 2 heterocycles. The average Bonchev–Trinajstić information content (AvgIpc) is 2.72. The summed E-state index contributed by atoms with van der Waals surface area (Å²) in [5, 5.41) is 11.1. The number of fused-ring (bicyclic) bond motifs is 1. The minimum absolute atomic E-state index is 0.0931. The van der Waals surface area contributed by atoms with E-state index in [1.165, 1.54) is 12.3 Å². The highest BCUT2D eigenvalue weighted by Gasteiger charge is 2.25. The van der Waals surface area contributed by atoms with Gasteiger partial charge in [0, 0.05) is 21.2 Å². The summed E-state index contributed by atoms with van der Waals surface area (Å²) in [5.41, 5.74) is 2.54. The predicted molar refractivity (Wildman–Crippen MR) is 104 cm³/mol. The summed E-state index contributed by atoms with van der Waals surface area (Å²) in [6.45, 7) is 0.476. The van der Waals surface area contributed by atoms with Gasteiger partial charge in [-0.1, -0.05) is 46.3 Å². The van der Waals surface area contributed by atoms with Crippen molar-refractivity contribution in [3.63, 3.8) is 0 Å². The second-order valence-corrected chi connectivity index (χ2v) is 7.01. The fourth-order valence-electron chi connectivity index (χ4n) is 2.95. The lowest BCUT2D eigenvalue weighted by molar-refractivity contribution is -0.390. The molecule has 0 N–H and O–H groups in total. The minimum atomic E-state index is -0.568. The van der Waals surface area contributed by atoms with Crippen LogP contribution >= 0.6 is 15.9 Å². The second-order valence-electron chi connectivity index (χ2n) is 6.10. The third-order valence-corrected chi connectivity index (χ3v) is 4.66. The normalized spacial score (nSPS) is 15.4. The first-order valence-electron chi connectivity index (χ1n) is 8.48. The number of hydrogen-bond acceptors (Lipinski definition) is 6. The van der Waals surface area contributed by atoms with E-state index in [0.29, 0.717) is 12.4 Å². The van der Waals surface area contributed by atoms with Gasteiger partial charge in [0.15, 0.2) is 0 Å². The van der Waals surface area contributed by atoms with Crippen molar-refractivity contribution in [1.82, 2.24) is 4.98 Å². The van der Waals surface area contributed by atoms with Gasteiger partial charge in [-0.25, -0.2) is 0 Å². The number of aromatic nitrogens is 1. The number of pyridine rings is 1. The number of hydrogen-bond donors (Lipinski definition) is 0. The SMILES string of the molecule is O=[N+]([O-])c1ncccc1OCc1cc(Br)cc2c1O[C@H](c1ccccc1)OC2. The lowest BCUT2D eigenvalue weighted by Gasteiger charge is -2.28. The highest BCUT2D eigenvalue weighted by Crippen LogP contribution is 2.38. The standard InChI is InChI=1S/C20H15BrN2O5/c21-16-9-14(11-26-17-7-4-8-22-19(17)23(24)25)18-15(10-16)12-27-20(28-18)13-5-2-1-3-6-13/h1-10,20H,11-12H2/t20-/m1/s1. The van der Waals surface area contributed by atoms with Crippen molar-refractivity contribution in [3.8, 4) is 11.5 Å². The lowest BCUT2D eigenvalue weighted by atomic mass is 10.1. The highest BCUT2D eigenvalue weighted by atomic mass is 79.9. The number of ether oxygens (including phenoxy) is 3. The zero-order valence-corrected chi connectivity index (χ0v) is 16.2. The largest absolute Gasteiger partial charge is 0.481 e. The molecule has 2 aromatic carbocycles. The van der Waals surface area contributed by atoms with E-state index in [4.69, 9.17) is 14.2 Å². The van der Waals surface area contributed by atoms with E-state index in [-0.39, 0.29) is 18.2 Å². The summed E-state index contributed by atoms with van der Waals surface area (Å²) in [6, 6.07) is 16.5. The van der Waals surface area contributed by atoms with Gasteiger partial charge in [0.05, 0.1) is 6.61 Å². The van der Waals surface area contributed by atoms with Gasteiger partial charge in [-0.15, -0.1) is 0 Å². The Hall–Kier alpha value is -2.97. The van der Waals surface area contributed by atoms with Crippen molar-refractivity contribution in [2.24, 2.45) is 0 Å². The Labute approximate surface area is 169 Å². The summed E-state index contributed by atoms with van der Waals surface area (Å²) in [7, 11) is 0. The molecule has 0 radical (unpaired) electrons. The molecule has 0 bridgehead atoms. The number of rotatable bonds is 5. The average molecular weight is 443 g/mol. The Morgan fingerprint density at radius 1 is 1.21 bits per heavy atom. The molecule has 3 aromatic rings. The first-order chi connectivity index (χ1) is 13.6. The van der Waals surface area contributed by atoms with Crippen LogP contribution in [0.4, 0.5) is 5.82 Å². The van der Waals surface area contributed by atoms with Crippen molar-refractivity contribution in [2.75, 3.05) is 0 Å². The van der Waals surface area contributed by atoms with E-state index >= 15 is 0 Å². The van der Waals surface area contributed by atoms with Crippen LogP contribution in [-0.2, 0) is 18.0 Å². The molecule has 1 atom stereocenters. The topological polar surface area (TPSA) is 83.7 Å². The Morgan fingerprint density at radius 3 is 2.82 bits per heavy atom. The molecule has 0 unspecified atom stereocenters. The first kappa shape index (κ1) is 18.4. The molecule has 7 nitrogen and oxygen atoms in total. The van der Waals surface area contributed by atoms with Gasteiger partial charge in [-0.2, -0.15) is 0 Å². The fourth-order valence-corrected chi connectivity index (χ4v) is 3.50. The third-order valence-electron chi connectivity index (χ3n) is 4.20. The summed E-state index contributed by atoms with van der Waals surface area (Å²) in [4.78, 5) is 14.3. The molecule has 0 spiro atoms. The van der Waals surface area contributed by atoms with Crippen molar-refractivity contribution in [2.45, 2.75) is 19.5 Å². The fraction of sp³-hybridized carbons (Fsp3) is 0.150. The van der Waals surface area contributed by atoms with E-state index in [1.807, 2.05) is 42.5 Å². The van der Waals surface area contributed by atoms with Crippen LogP contribution in [0.2, 0.25) is 0 Å². The van der Waals surface area contributed by atoms with Crippen LogP contribution in [0.1, 0.15) is 23.0 Å². The van der Waals surface area contributed by atoms with Gasteiger partial charge in [0.2, 0.25) is 12.0 Å². The molecule has 28 heavy (non-hydrogen) atoms. The zero-order chi connectivity index (χ0) is 19.5. The molecular weight excluding hydrogens is 428 g/mol. The van der Waals surface area contributed by atoms with Crippen molar-refractivity contribution in [3.05, 3.63) is 92.1 Å². The highest BCUT2D eigenvalue weighted by molar-refractivity contribution is 9.10. The Morgan fingerprint density at radius 2 is 2.04 bits per heavy atom. The molecule has 0 fully saturated rings. The summed E-state index contributed by atoms with van der Waals surface area (Å²) in [5.74, 6) is 0.445. The molecular formula is C20H15BrN2O5. The van der Waals surface area contributed by atoms with Gasteiger partial charge in [-0.3, -0.25) is 0 Å². The molecule has 1 aliphatic rings. The van der Waals surface area contributed by atoms with Crippen molar-refractivity contribution in [1.29, 1.82) is 0 Å². The van der Waals surface area contributed by atoms with Gasteiger partial charge in [0.1, 0.15) is 18.6 Å². The van der Waals surface area contributed by atoms with E-state index in [1.54, 1.807) is 6.07 Å². The lowest BCUT2D eigenvalue weighted by Crippen LogP contribution is -2.19. The second kappa shape index (κ2) is 7.95. The maximum atomic E-state index is 11.1. The number of benzene rings is 2. The summed E-state index contributed by atoms with van der Waals surface area (Å²) >= 11 is 3.48. The minimum Gasteiger partial charge on any atom is -0.481 e. The molecule has 0 amide bonds. The molecule has 142 valence electrons. The number of nitrogens with zero attached hydrogens (tertiary/aromatic N) is 2. The van der Waals surface area contributed by atoms with Gasteiger partial charge in [-0.05, 0) is 34.2 Å². The number of nitro groups is 1. The van der Waals surface area contributed by atoms with Crippen LogP contribution in [0.5, 0.6) is 11.5 Å². The zero-order valence-electron chi connectivity index (χ0n) is 14.6. The van der Waals surface area contributed by atoms with E-state index in [0.717, 1.165) is 21.2 Å². The van der Waals surface area contributed by atoms with Crippen LogP contribution in [0.25, 0.3) is 0 Å². The maximum absolute atomic E-state index is 11.1. The Bertz CT molecular complexity index is 1010. The third kappa shape index (κ3) is 3.83. The van der Waals surface area contributed by atoms with Crippen LogP contribution in [-0.4, -0.2) is 9.91 Å². The smallest absolute Gasteiger partial charge is 0.406 e. The van der Waals surface area contributed by atoms with Gasteiger partial charge >= 0.3 is 5.82 Å². The number of halogens is 1. The summed E-state index contributed by atoms with van der Waals surface area (Å²) < 4.78 is 18.5. The van der Waals surface area contributed by atoms with Crippen molar-refractivity contribution < 1.29 is 19.1 Å². The van der Waals surface area contributed by atoms with E-state index in [2.05, 4.69) is 20.9 Å². The molecule has 1 aromatic heterocycles. The molecule has 4 rings (SSSR count). The maximum Gasteiger partial charge on any atom is 0.406 e. The molecule has 0 saturated heterocycles. The Balaban J connectivity index is 1.61. The first-order valence-corrected chi connectivity index (χ1v) is 9.28. The van der Waals surface area contributed by atoms with Crippen molar-refractivity contribution >= 4 is 21.7 Å². The quantitative estimate of drug-likeness (QED) is 0.410. The van der Waals surface area contributed by atoms with Crippen LogP contribution < -0.4 is 9.47 Å². The van der Waals surface area contributed by atoms with Crippen LogP contribution in [0, 0.1) is 10.1 Å².